The molecule has 0 aromatic heterocycles. The molecule has 1 unspecified atom stereocenters. The van der Waals surface area contributed by atoms with E-state index in [4.69, 9.17) is 10.5 Å². The van der Waals surface area contributed by atoms with Gasteiger partial charge in [-0.15, -0.1) is 0 Å². The quantitative estimate of drug-likeness (QED) is 0.178. The Bertz CT molecular complexity index is 1350. The lowest BCUT2D eigenvalue weighted by Gasteiger charge is -2.15. The molecule has 0 saturated carbocycles. The molecule has 1 amide bonds. The van der Waals surface area contributed by atoms with Gasteiger partial charge < -0.3 is 15.8 Å². The van der Waals surface area contributed by atoms with Crippen LogP contribution in [0.15, 0.2) is 50.4 Å². The largest absolute Gasteiger partial charge is 0.495 e. The Morgan fingerprint density at radius 3 is 2.18 bits per heavy atom. The maximum absolute atomic E-state index is 12.7. The number of amides is 1. The third-order valence-corrected chi connectivity index (χ3v) is 6.10. The Kier molecular flexibility index (Phi) is 7.53. The molecule has 2 rings (SSSR count). The number of aryl methyl sites for hydroxylation is 1. The monoisotopic (exact) mass is 500 g/mol. The second kappa shape index (κ2) is 9.62. The van der Waals surface area contributed by atoms with E-state index in [0.29, 0.717) is 0 Å². The number of methoxy groups -OCH3 is 1. The average Bonchev–Trinajstić information content (AvgIpc) is 2.66. The van der Waals surface area contributed by atoms with Crippen molar-refractivity contribution in [3.63, 3.8) is 0 Å². The van der Waals surface area contributed by atoms with Crippen molar-refractivity contribution in [1.82, 2.24) is 0 Å². The zero-order valence-electron chi connectivity index (χ0n) is 17.5. The molecule has 1 atom stereocenters. The SMILES string of the molecule is COc1cc(S(=O)(=O)O)c(C)cc1NC(=O)C(N=Nc1cc(N)ccc1S(=O)(=O)O)C(C)=O. The Morgan fingerprint density at radius 1 is 1.06 bits per heavy atom. The van der Waals surface area contributed by atoms with Crippen molar-refractivity contribution in [3.8, 4) is 5.75 Å². The summed E-state index contributed by atoms with van der Waals surface area (Å²) in [5.41, 5.74) is 5.32. The van der Waals surface area contributed by atoms with Crippen LogP contribution in [-0.2, 0) is 29.8 Å². The number of hydrogen-bond acceptors (Lipinski definition) is 10. The summed E-state index contributed by atoms with van der Waals surface area (Å²) in [4.78, 5) is 23.6. The predicted octanol–water partition coefficient (Wildman–Crippen LogP) is 1.76. The van der Waals surface area contributed by atoms with Crippen LogP contribution in [0.4, 0.5) is 17.1 Å². The molecule has 0 radical (unpaired) electrons. The van der Waals surface area contributed by atoms with Crippen molar-refractivity contribution < 1.29 is 40.3 Å². The summed E-state index contributed by atoms with van der Waals surface area (Å²) in [6, 6.07) is 3.68. The number of carbonyl (C=O) groups is 2. The van der Waals surface area contributed by atoms with Crippen LogP contribution in [0, 0.1) is 6.92 Å². The number of azo groups is 1. The predicted molar refractivity (Wildman–Crippen MR) is 116 cm³/mol. The number of ketones is 1. The van der Waals surface area contributed by atoms with Gasteiger partial charge in [-0.25, -0.2) is 0 Å². The lowest BCUT2D eigenvalue weighted by molar-refractivity contribution is -0.126. The normalized spacial score (nSPS) is 13.0. The molecule has 15 heteroatoms. The molecule has 0 fully saturated rings. The molecule has 0 spiro atoms. The van der Waals surface area contributed by atoms with Crippen LogP contribution in [0.5, 0.6) is 5.75 Å². The minimum atomic E-state index is -4.70. The molecule has 0 aliphatic heterocycles. The Morgan fingerprint density at radius 2 is 1.67 bits per heavy atom. The summed E-state index contributed by atoms with van der Waals surface area (Å²) < 4.78 is 69.6. The van der Waals surface area contributed by atoms with Gasteiger partial charge in [0, 0.05) is 11.8 Å². The first-order valence-corrected chi connectivity index (χ1v) is 11.8. The van der Waals surface area contributed by atoms with E-state index in [1.54, 1.807) is 0 Å². The number of benzene rings is 2. The molecule has 0 saturated heterocycles. The third-order valence-electron chi connectivity index (χ3n) is 4.21. The molecule has 0 heterocycles. The van der Waals surface area contributed by atoms with Crippen molar-refractivity contribution in [1.29, 1.82) is 0 Å². The van der Waals surface area contributed by atoms with E-state index < -0.39 is 53.4 Å². The van der Waals surface area contributed by atoms with Crippen LogP contribution in [0.1, 0.15) is 12.5 Å². The molecule has 13 nitrogen and oxygen atoms in total. The average molecular weight is 501 g/mol. The number of nitrogens with two attached hydrogens (primary N) is 1. The molecule has 33 heavy (non-hydrogen) atoms. The Balaban J connectivity index is 2.44. The van der Waals surface area contributed by atoms with Gasteiger partial charge in [-0.3, -0.25) is 18.7 Å². The minimum absolute atomic E-state index is 0.0311. The first kappa shape index (κ1) is 25.9. The number of Topliss-reactive ketones (excluding diaryl/α,β-unsaturated/α-hetero) is 1. The molecule has 0 aliphatic rings. The number of carbonyl (C=O) groups excluding carboxylic acids is 2. The highest BCUT2D eigenvalue weighted by molar-refractivity contribution is 7.86. The van der Waals surface area contributed by atoms with E-state index >= 15 is 0 Å². The fraction of sp³-hybridized carbons (Fsp3) is 0.222. The number of nitrogen functional groups attached to an aromatic ring is 1. The van der Waals surface area contributed by atoms with E-state index in [-0.39, 0.29) is 22.7 Å². The highest BCUT2D eigenvalue weighted by Gasteiger charge is 2.26. The molecule has 178 valence electrons. The van der Waals surface area contributed by atoms with Crippen molar-refractivity contribution >= 4 is 49.0 Å². The van der Waals surface area contributed by atoms with Crippen molar-refractivity contribution in [2.45, 2.75) is 29.7 Å². The second-order valence-corrected chi connectivity index (χ2v) is 9.49. The topological polar surface area (TPSA) is 215 Å². The van der Waals surface area contributed by atoms with E-state index in [0.717, 1.165) is 25.1 Å². The molecule has 0 aliphatic carbocycles. The van der Waals surface area contributed by atoms with Crippen molar-refractivity contribution in [2.75, 3.05) is 18.2 Å². The molecule has 2 aromatic rings. The fourth-order valence-electron chi connectivity index (χ4n) is 2.68. The number of nitrogens with one attached hydrogen (secondary N) is 1. The number of anilines is 2. The molecule has 5 N–H and O–H groups in total. The third kappa shape index (κ3) is 6.32. The summed E-state index contributed by atoms with van der Waals surface area (Å²) in [6.07, 6.45) is 0. The first-order valence-electron chi connectivity index (χ1n) is 8.90. The van der Waals surface area contributed by atoms with Gasteiger partial charge in [-0.05, 0) is 43.7 Å². The van der Waals surface area contributed by atoms with Crippen LogP contribution in [0.25, 0.3) is 0 Å². The lowest BCUT2D eigenvalue weighted by Crippen LogP contribution is -2.32. The zero-order valence-corrected chi connectivity index (χ0v) is 19.1. The van der Waals surface area contributed by atoms with Crippen LogP contribution in [0.3, 0.4) is 0 Å². The van der Waals surface area contributed by atoms with E-state index in [9.17, 15) is 35.5 Å². The van der Waals surface area contributed by atoms with Gasteiger partial charge in [0.15, 0.2) is 5.78 Å². The zero-order chi connectivity index (χ0) is 25.1. The van der Waals surface area contributed by atoms with E-state index in [2.05, 4.69) is 15.5 Å². The minimum Gasteiger partial charge on any atom is -0.495 e. The van der Waals surface area contributed by atoms with Crippen LogP contribution >= 0.6 is 0 Å². The van der Waals surface area contributed by atoms with Crippen molar-refractivity contribution in [3.05, 3.63) is 35.9 Å². The van der Waals surface area contributed by atoms with Gasteiger partial charge in [0.1, 0.15) is 21.2 Å². The van der Waals surface area contributed by atoms with Crippen LogP contribution in [-0.4, -0.2) is 50.8 Å². The van der Waals surface area contributed by atoms with Gasteiger partial charge in [0.25, 0.3) is 26.1 Å². The Labute approximate surface area is 189 Å². The summed E-state index contributed by atoms with van der Waals surface area (Å²) in [6.45, 7) is 2.40. The molecule has 2 aromatic carbocycles. The first-order chi connectivity index (χ1) is 15.1. The highest BCUT2D eigenvalue weighted by Crippen LogP contribution is 2.31. The summed E-state index contributed by atoms with van der Waals surface area (Å²) in [7, 11) is -8.07. The van der Waals surface area contributed by atoms with Gasteiger partial charge in [0.05, 0.1) is 12.8 Å². The number of nitrogens with zero attached hydrogens (tertiary/aromatic N) is 2. The lowest BCUT2D eigenvalue weighted by atomic mass is 10.1. The van der Waals surface area contributed by atoms with Gasteiger partial charge in [-0.1, -0.05) is 0 Å². The number of rotatable bonds is 8. The molecular formula is C18H20N4O9S2. The molecular weight excluding hydrogens is 480 g/mol. The molecule has 0 bridgehead atoms. The highest BCUT2D eigenvalue weighted by atomic mass is 32.2. The van der Waals surface area contributed by atoms with Gasteiger partial charge >= 0.3 is 0 Å². The number of hydrogen-bond donors (Lipinski definition) is 4. The summed E-state index contributed by atoms with van der Waals surface area (Å²) >= 11 is 0. The maximum Gasteiger partial charge on any atom is 0.296 e. The van der Waals surface area contributed by atoms with Crippen LogP contribution in [0.2, 0.25) is 0 Å². The van der Waals surface area contributed by atoms with Crippen LogP contribution < -0.4 is 15.8 Å². The maximum atomic E-state index is 12.7. The van der Waals surface area contributed by atoms with Crippen molar-refractivity contribution in [2.24, 2.45) is 10.2 Å². The van der Waals surface area contributed by atoms with E-state index in [1.165, 1.54) is 26.2 Å². The Hall–Kier alpha value is -3.40. The van der Waals surface area contributed by atoms with Gasteiger partial charge in [-0.2, -0.15) is 27.1 Å². The summed E-state index contributed by atoms with van der Waals surface area (Å²) in [5.74, 6) is -1.90. The van der Waals surface area contributed by atoms with Gasteiger partial charge in [0.2, 0.25) is 6.04 Å². The standard InChI is InChI=1S/C18H20N4O9S2/c1-9-6-12(14(31-3)8-16(9)33(28,29)30)20-18(24)17(10(2)23)22-21-13-7-11(19)4-5-15(13)32(25,26)27/h4-8,17H,19H2,1-3H3,(H,20,24)(H,25,26,27)(H,28,29,30). The smallest absolute Gasteiger partial charge is 0.296 e. The fourth-order valence-corrected chi connectivity index (χ4v) is 4.01. The number of ether oxygens (including phenoxy) is 1. The second-order valence-electron chi connectivity index (χ2n) is 6.71. The summed E-state index contributed by atoms with van der Waals surface area (Å²) in [5, 5.41) is 9.55. The van der Waals surface area contributed by atoms with E-state index in [1.807, 2.05) is 0 Å².